The Morgan fingerprint density at radius 2 is 2.17 bits per heavy atom. The van der Waals surface area contributed by atoms with Gasteiger partial charge in [0, 0.05) is 28.7 Å². The van der Waals surface area contributed by atoms with Gasteiger partial charge < -0.3 is 5.11 Å². The number of benzene rings is 1. The molecule has 0 bridgehead atoms. The van der Waals surface area contributed by atoms with Crippen LogP contribution in [-0.2, 0) is 11.3 Å². The molecule has 0 amide bonds. The number of likely N-dealkylation sites (tertiary alicyclic amines) is 1. The van der Waals surface area contributed by atoms with E-state index in [4.69, 9.17) is 16.6 Å². The summed E-state index contributed by atoms with van der Waals surface area (Å²) in [6.45, 7) is 1.38. The zero-order valence-electron chi connectivity index (χ0n) is 12.9. The number of nitrogens with zero attached hydrogens (tertiary/aromatic N) is 3. The number of carbonyl (C=O) groups is 1. The minimum atomic E-state index is -0.744. The molecule has 0 spiro atoms. The van der Waals surface area contributed by atoms with E-state index < -0.39 is 12.0 Å². The fourth-order valence-corrected chi connectivity index (χ4v) is 4.17. The predicted molar refractivity (Wildman–Crippen MR) is 94.6 cm³/mol. The summed E-state index contributed by atoms with van der Waals surface area (Å²) in [5.74, 6) is -0.744. The van der Waals surface area contributed by atoms with Gasteiger partial charge in [-0.2, -0.15) is 0 Å². The normalized spacial score (nSPS) is 18.5. The number of hydrogen-bond donors (Lipinski definition) is 1. The quantitative estimate of drug-likeness (QED) is 0.768. The third-order valence-electron chi connectivity index (χ3n) is 4.48. The summed E-state index contributed by atoms with van der Waals surface area (Å²) >= 11 is 7.57. The van der Waals surface area contributed by atoms with E-state index in [1.807, 2.05) is 40.7 Å². The lowest BCUT2D eigenvalue weighted by Gasteiger charge is -2.21. The van der Waals surface area contributed by atoms with E-state index in [1.165, 1.54) is 0 Å². The van der Waals surface area contributed by atoms with Gasteiger partial charge in [0.15, 0.2) is 4.96 Å². The molecule has 24 heavy (non-hydrogen) atoms. The largest absolute Gasteiger partial charge is 0.480 e. The highest BCUT2D eigenvalue weighted by Gasteiger charge is 2.32. The van der Waals surface area contributed by atoms with Crippen molar-refractivity contribution >= 4 is 33.9 Å². The van der Waals surface area contributed by atoms with Gasteiger partial charge in [-0.05, 0) is 31.5 Å². The average Bonchev–Trinajstić information content (AvgIpc) is 3.25. The monoisotopic (exact) mass is 361 g/mol. The Labute approximate surface area is 148 Å². The molecule has 4 rings (SSSR count). The third kappa shape index (κ3) is 2.70. The molecule has 1 aliphatic rings. The summed E-state index contributed by atoms with van der Waals surface area (Å²) in [4.78, 5) is 19.2. The number of aromatic nitrogens is 2. The summed E-state index contributed by atoms with van der Waals surface area (Å²) < 4.78 is 2.06. The Balaban J connectivity index is 1.76. The molecule has 7 heteroatoms. The van der Waals surface area contributed by atoms with Crippen LogP contribution in [0.4, 0.5) is 0 Å². The van der Waals surface area contributed by atoms with Gasteiger partial charge in [0.2, 0.25) is 0 Å². The maximum Gasteiger partial charge on any atom is 0.320 e. The van der Waals surface area contributed by atoms with Crippen LogP contribution in [0.3, 0.4) is 0 Å². The summed E-state index contributed by atoms with van der Waals surface area (Å²) in [5.41, 5.74) is 2.92. The van der Waals surface area contributed by atoms with Crippen LogP contribution in [0.1, 0.15) is 18.5 Å². The Bertz CT molecular complexity index is 887. The minimum absolute atomic E-state index is 0.410. The standard InChI is InChI=1S/C17H16ClN3O2S/c18-12-5-3-11(4-6-12)15-14(21-8-9-24-17(21)19-15)10-20-7-1-2-13(20)16(22)23/h3-6,8-9,13H,1-2,7,10H2,(H,22,23)/t13-/m1/s1. The molecule has 1 atom stereocenters. The van der Waals surface area contributed by atoms with Crippen LogP contribution in [0.25, 0.3) is 16.2 Å². The minimum Gasteiger partial charge on any atom is -0.480 e. The lowest BCUT2D eigenvalue weighted by atomic mass is 10.1. The number of imidazole rings is 1. The summed E-state index contributed by atoms with van der Waals surface area (Å²) in [5, 5.41) is 12.1. The van der Waals surface area contributed by atoms with Crippen LogP contribution in [0, 0.1) is 0 Å². The van der Waals surface area contributed by atoms with Gasteiger partial charge in [0.05, 0.1) is 11.4 Å². The number of carboxylic acids is 1. The van der Waals surface area contributed by atoms with Gasteiger partial charge in [-0.15, -0.1) is 11.3 Å². The topological polar surface area (TPSA) is 57.8 Å². The molecule has 3 aromatic rings. The second kappa shape index (κ2) is 6.20. The summed E-state index contributed by atoms with van der Waals surface area (Å²) in [6.07, 6.45) is 3.61. The molecular formula is C17H16ClN3O2S. The van der Waals surface area contributed by atoms with Crippen LogP contribution < -0.4 is 0 Å². The van der Waals surface area contributed by atoms with Gasteiger partial charge in [-0.25, -0.2) is 4.98 Å². The number of thiazole rings is 1. The van der Waals surface area contributed by atoms with Crippen molar-refractivity contribution in [2.45, 2.75) is 25.4 Å². The lowest BCUT2D eigenvalue weighted by Crippen LogP contribution is -2.35. The van der Waals surface area contributed by atoms with Gasteiger partial charge in [0.1, 0.15) is 6.04 Å². The van der Waals surface area contributed by atoms with Gasteiger partial charge in [0.25, 0.3) is 0 Å². The average molecular weight is 362 g/mol. The van der Waals surface area contributed by atoms with E-state index in [-0.39, 0.29) is 0 Å². The van der Waals surface area contributed by atoms with Crippen LogP contribution in [0.5, 0.6) is 0 Å². The molecule has 0 aliphatic carbocycles. The molecule has 1 saturated heterocycles. The number of carboxylic acid groups (broad SMARTS) is 1. The maximum atomic E-state index is 11.5. The van der Waals surface area contributed by atoms with Crippen molar-refractivity contribution in [1.82, 2.24) is 14.3 Å². The first-order valence-corrected chi connectivity index (χ1v) is 9.06. The lowest BCUT2D eigenvalue weighted by molar-refractivity contribution is -0.142. The van der Waals surface area contributed by atoms with Gasteiger partial charge in [-0.3, -0.25) is 14.1 Å². The van der Waals surface area contributed by atoms with Crippen molar-refractivity contribution in [2.75, 3.05) is 6.54 Å². The highest BCUT2D eigenvalue weighted by atomic mass is 35.5. The van der Waals surface area contributed by atoms with E-state index in [0.717, 1.165) is 34.9 Å². The zero-order valence-corrected chi connectivity index (χ0v) is 14.4. The Morgan fingerprint density at radius 1 is 1.38 bits per heavy atom. The van der Waals surface area contributed by atoms with E-state index in [9.17, 15) is 9.90 Å². The van der Waals surface area contributed by atoms with Crippen molar-refractivity contribution in [3.8, 4) is 11.3 Å². The SMILES string of the molecule is O=C(O)[C@H]1CCCN1Cc1c(-c2ccc(Cl)cc2)nc2sccn12. The van der Waals surface area contributed by atoms with Crippen molar-refractivity contribution < 1.29 is 9.90 Å². The molecule has 1 aromatic carbocycles. The molecule has 1 N–H and O–H groups in total. The van der Waals surface area contributed by atoms with Gasteiger partial charge in [-0.1, -0.05) is 23.7 Å². The van der Waals surface area contributed by atoms with Crippen LogP contribution in [0.15, 0.2) is 35.8 Å². The molecule has 0 unspecified atom stereocenters. The molecule has 0 radical (unpaired) electrons. The Kier molecular flexibility index (Phi) is 4.04. The van der Waals surface area contributed by atoms with E-state index in [2.05, 4.69) is 4.40 Å². The number of rotatable bonds is 4. The number of halogens is 1. The van der Waals surface area contributed by atoms with E-state index in [0.29, 0.717) is 18.0 Å². The summed E-state index contributed by atoms with van der Waals surface area (Å²) in [6, 6.07) is 7.20. The van der Waals surface area contributed by atoms with E-state index >= 15 is 0 Å². The van der Waals surface area contributed by atoms with Gasteiger partial charge >= 0.3 is 5.97 Å². The molecular weight excluding hydrogens is 346 g/mol. The van der Waals surface area contributed by atoms with Crippen molar-refractivity contribution in [3.63, 3.8) is 0 Å². The van der Waals surface area contributed by atoms with Crippen molar-refractivity contribution in [1.29, 1.82) is 0 Å². The Morgan fingerprint density at radius 3 is 2.92 bits per heavy atom. The first-order valence-electron chi connectivity index (χ1n) is 7.80. The highest BCUT2D eigenvalue weighted by molar-refractivity contribution is 7.15. The molecule has 0 saturated carbocycles. The molecule has 5 nitrogen and oxygen atoms in total. The second-order valence-electron chi connectivity index (χ2n) is 5.94. The summed E-state index contributed by atoms with van der Waals surface area (Å²) in [7, 11) is 0. The molecule has 1 aliphatic heterocycles. The maximum absolute atomic E-state index is 11.5. The number of fused-ring (bicyclic) bond motifs is 1. The highest BCUT2D eigenvalue weighted by Crippen LogP contribution is 2.30. The predicted octanol–water partition coefficient (Wildman–Crippen LogP) is 3.77. The molecule has 1 fully saturated rings. The first-order chi connectivity index (χ1) is 11.6. The fraction of sp³-hybridized carbons (Fsp3) is 0.294. The van der Waals surface area contributed by atoms with E-state index in [1.54, 1.807) is 11.3 Å². The van der Waals surface area contributed by atoms with Crippen molar-refractivity contribution in [2.24, 2.45) is 0 Å². The number of aliphatic carboxylic acids is 1. The van der Waals surface area contributed by atoms with Crippen LogP contribution in [0.2, 0.25) is 5.02 Å². The number of hydrogen-bond acceptors (Lipinski definition) is 4. The second-order valence-corrected chi connectivity index (χ2v) is 7.25. The Hall–Kier alpha value is -1.89. The van der Waals surface area contributed by atoms with Crippen molar-refractivity contribution in [3.05, 3.63) is 46.6 Å². The van der Waals surface area contributed by atoms with Crippen LogP contribution in [-0.4, -0.2) is 37.9 Å². The van der Waals surface area contributed by atoms with Crippen LogP contribution >= 0.6 is 22.9 Å². The molecule has 124 valence electrons. The fourth-order valence-electron chi connectivity index (χ4n) is 3.31. The third-order valence-corrected chi connectivity index (χ3v) is 5.49. The first kappa shape index (κ1) is 15.6. The molecule has 3 heterocycles. The zero-order chi connectivity index (χ0) is 16.7. The molecule has 2 aromatic heterocycles. The smallest absolute Gasteiger partial charge is 0.320 e.